The Morgan fingerprint density at radius 3 is 2.61 bits per heavy atom. The van der Waals surface area contributed by atoms with Gasteiger partial charge in [0.05, 0.1) is 17.0 Å². The highest BCUT2D eigenvalue weighted by molar-refractivity contribution is 5.92. The highest BCUT2D eigenvalue weighted by Gasteiger charge is 2.30. The highest BCUT2D eigenvalue weighted by Crippen LogP contribution is 2.29. The third-order valence-electron chi connectivity index (χ3n) is 4.78. The van der Waals surface area contributed by atoms with Crippen molar-refractivity contribution >= 4 is 17.4 Å². The number of nitrogens with zero attached hydrogens (tertiary/aromatic N) is 5. The molecule has 1 atom stereocenters. The van der Waals surface area contributed by atoms with Gasteiger partial charge in [0.25, 0.3) is 0 Å². The molecule has 0 aliphatic heterocycles. The lowest BCUT2D eigenvalue weighted by Crippen LogP contribution is -2.25. The number of rotatable bonds is 6. The average molecular weight is 436 g/mol. The van der Waals surface area contributed by atoms with Gasteiger partial charge in [-0.2, -0.15) is 23.4 Å². The Morgan fingerprint density at radius 2 is 2.00 bits per heavy atom. The van der Waals surface area contributed by atoms with Gasteiger partial charge in [0.15, 0.2) is 5.82 Å². The Bertz CT molecular complexity index is 1140. The van der Waals surface area contributed by atoms with E-state index in [-0.39, 0.29) is 23.7 Å². The SMILES string of the molecule is Cc1cc(NC(=O)C(C)n2ncc([N+](=O)[O-])c2C)nn1Cc1cccc(C(F)(F)F)c1. The molecule has 0 spiro atoms. The van der Waals surface area contributed by atoms with Crippen molar-refractivity contribution in [1.82, 2.24) is 19.6 Å². The molecule has 3 aromatic rings. The van der Waals surface area contributed by atoms with Crippen molar-refractivity contribution in [3.8, 4) is 0 Å². The zero-order valence-corrected chi connectivity index (χ0v) is 16.8. The van der Waals surface area contributed by atoms with Gasteiger partial charge in [-0.15, -0.1) is 0 Å². The Kier molecular flexibility index (Phi) is 5.82. The summed E-state index contributed by atoms with van der Waals surface area (Å²) in [6, 6.07) is 5.67. The van der Waals surface area contributed by atoms with Crippen molar-refractivity contribution in [3.63, 3.8) is 0 Å². The molecular formula is C19H19F3N6O3. The lowest BCUT2D eigenvalue weighted by atomic mass is 10.1. The van der Waals surface area contributed by atoms with E-state index in [1.165, 1.54) is 29.3 Å². The topological polar surface area (TPSA) is 108 Å². The van der Waals surface area contributed by atoms with Crippen LogP contribution in [0.1, 0.15) is 35.5 Å². The van der Waals surface area contributed by atoms with Crippen LogP contribution in [0, 0.1) is 24.0 Å². The van der Waals surface area contributed by atoms with Crippen LogP contribution >= 0.6 is 0 Å². The van der Waals surface area contributed by atoms with Crippen molar-refractivity contribution in [3.05, 3.63) is 69.2 Å². The number of hydrogen-bond acceptors (Lipinski definition) is 5. The number of anilines is 1. The molecule has 9 nitrogen and oxygen atoms in total. The quantitative estimate of drug-likeness (QED) is 0.466. The molecule has 1 unspecified atom stereocenters. The predicted molar refractivity (Wildman–Crippen MR) is 104 cm³/mol. The van der Waals surface area contributed by atoms with Crippen molar-refractivity contribution in [2.75, 3.05) is 5.32 Å². The molecule has 0 bridgehead atoms. The van der Waals surface area contributed by atoms with Crippen molar-refractivity contribution in [2.45, 2.75) is 39.5 Å². The fourth-order valence-corrected chi connectivity index (χ4v) is 3.08. The standard InChI is InChI=1S/C19H19F3N6O3/c1-11-7-17(24-18(29)13(3)27-12(2)16(9-23-27)28(30)31)25-26(11)10-14-5-4-6-15(8-14)19(20,21)22/h4-9,13H,10H2,1-3H3,(H,24,25,29). The van der Waals surface area contributed by atoms with E-state index in [4.69, 9.17) is 0 Å². The average Bonchev–Trinajstić information content (AvgIpc) is 3.23. The van der Waals surface area contributed by atoms with Gasteiger partial charge in [-0.3, -0.25) is 24.3 Å². The summed E-state index contributed by atoms with van der Waals surface area (Å²) in [6.45, 7) is 4.82. The first-order valence-electron chi connectivity index (χ1n) is 9.17. The van der Waals surface area contributed by atoms with Gasteiger partial charge in [0, 0.05) is 11.8 Å². The molecule has 1 aromatic carbocycles. The molecule has 1 amide bonds. The van der Waals surface area contributed by atoms with Crippen LogP contribution in [0.15, 0.2) is 36.5 Å². The zero-order valence-electron chi connectivity index (χ0n) is 16.8. The van der Waals surface area contributed by atoms with E-state index in [0.717, 1.165) is 18.3 Å². The summed E-state index contributed by atoms with van der Waals surface area (Å²) in [6.07, 6.45) is -3.36. The molecule has 0 radical (unpaired) electrons. The molecule has 31 heavy (non-hydrogen) atoms. The first-order chi connectivity index (χ1) is 14.5. The van der Waals surface area contributed by atoms with Crippen molar-refractivity contribution in [2.24, 2.45) is 0 Å². The van der Waals surface area contributed by atoms with E-state index < -0.39 is 28.6 Å². The number of amides is 1. The second kappa shape index (κ2) is 8.20. The maximum Gasteiger partial charge on any atom is 0.416 e. The first-order valence-corrected chi connectivity index (χ1v) is 9.17. The van der Waals surface area contributed by atoms with Gasteiger partial charge in [-0.25, -0.2) is 0 Å². The Balaban J connectivity index is 1.74. The van der Waals surface area contributed by atoms with E-state index in [1.807, 2.05) is 0 Å². The van der Waals surface area contributed by atoms with Crippen LogP contribution in [0.3, 0.4) is 0 Å². The normalized spacial score (nSPS) is 12.6. The number of alkyl halides is 3. The minimum absolute atomic E-state index is 0.0889. The fraction of sp³-hybridized carbons (Fsp3) is 0.316. The predicted octanol–water partition coefficient (Wildman–Crippen LogP) is 3.87. The third-order valence-corrected chi connectivity index (χ3v) is 4.78. The van der Waals surface area contributed by atoms with Gasteiger partial charge in [-0.05, 0) is 38.5 Å². The van der Waals surface area contributed by atoms with Crippen LogP contribution in [0.5, 0.6) is 0 Å². The smallest absolute Gasteiger partial charge is 0.307 e. The maximum atomic E-state index is 12.9. The molecule has 0 fully saturated rings. The summed E-state index contributed by atoms with van der Waals surface area (Å²) in [7, 11) is 0. The Morgan fingerprint density at radius 1 is 1.29 bits per heavy atom. The maximum absolute atomic E-state index is 12.9. The molecule has 2 aromatic heterocycles. The van der Waals surface area contributed by atoms with Crippen LogP contribution in [0.25, 0.3) is 0 Å². The van der Waals surface area contributed by atoms with Crippen LogP contribution in [0.2, 0.25) is 0 Å². The number of aromatic nitrogens is 4. The lowest BCUT2D eigenvalue weighted by molar-refractivity contribution is -0.385. The number of hydrogen-bond donors (Lipinski definition) is 1. The number of halogens is 3. The molecule has 12 heteroatoms. The molecule has 1 N–H and O–H groups in total. The van der Waals surface area contributed by atoms with E-state index in [9.17, 15) is 28.1 Å². The second-order valence-electron chi connectivity index (χ2n) is 7.01. The number of nitrogens with one attached hydrogen (secondary N) is 1. The molecule has 0 saturated carbocycles. The van der Waals surface area contributed by atoms with Crippen LogP contribution in [0.4, 0.5) is 24.7 Å². The van der Waals surface area contributed by atoms with Crippen molar-refractivity contribution < 1.29 is 22.9 Å². The molecule has 3 rings (SSSR count). The third kappa shape index (κ3) is 4.73. The van der Waals surface area contributed by atoms with Crippen LogP contribution in [-0.4, -0.2) is 30.4 Å². The molecular weight excluding hydrogens is 417 g/mol. The second-order valence-corrected chi connectivity index (χ2v) is 7.01. The summed E-state index contributed by atoms with van der Waals surface area (Å²) < 4.78 is 41.4. The zero-order chi connectivity index (χ0) is 22.9. The first kappa shape index (κ1) is 22.0. The van der Waals surface area contributed by atoms with Gasteiger partial charge in [0.2, 0.25) is 5.91 Å². The number of aryl methyl sites for hydroxylation is 1. The number of benzene rings is 1. The largest absolute Gasteiger partial charge is 0.416 e. The fourth-order valence-electron chi connectivity index (χ4n) is 3.08. The summed E-state index contributed by atoms with van der Waals surface area (Å²) in [5.41, 5.74) is 0.332. The molecule has 0 aliphatic carbocycles. The van der Waals surface area contributed by atoms with E-state index in [1.54, 1.807) is 19.1 Å². The van der Waals surface area contributed by atoms with Gasteiger partial charge >= 0.3 is 11.9 Å². The van der Waals surface area contributed by atoms with Gasteiger partial charge < -0.3 is 5.32 Å². The Hall–Kier alpha value is -3.70. The monoisotopic (exact) mass is 436 g/mol. The summed E-state index contributed by atoms with van der Waals surface area (Å²) in [5, 5.41) is 21.7. The van der Waals surface area contributed by atoms with Crippen LogP contribution < -0.4 is 5.32 Å². The number of carbonyl (C=O) groups is 1. The van der Waals surface area contributed by atoms with Crippen LogP contribution in [-0.2, 0) is 17.5 Å². The minimum atomic E-state index is -4.44. The number of nitro groups is 1. The highest BCUT2D eigenvalue weighted by atomic mass is 19.4. The van der Waals surface area contributed by atoms with E-state index in [0.29, 0.717) is 11.3 Å². The van der Waals surface area contributed by atoms with Crippen molar-refractivity contribution in [1.29, 1.82) is 0 Å². The van der Waals surface area contributed by atoms with E-state index in [2.05, 4.69) is 15.5 Å². The molecule has 0 saturated heterocycles. The number of carbonyl (C=O) groups excluding carboxylic acids is 1. The summed E-state index contributed by atoms with van der Waals surface area (Å²) in [4.78, 5) is 22.9. The summed E-state index contributed by atoms with van der Waals surface area (Å²) >= 11 is 0. The van der Waals surface area contributed by atoms with Gasteiger partial charge in [0.1, 0.15) is 17.9 Å². The summed E-state index contributed by atoms with van der Waals surface area (Å²) in [5.74, 6) is -0.287. The lowest BCUT2D eigenvalue weighted by Gasteiger charge is -2.12. The molecule has 2 heterocycles. The minimum Gasteiger partial charge on any atom is -0.307 e. The molecule has 0 aliphatic rings. The Labute approximate surface area is 174 Å². The molecule has 164 valence electrons. The van der Waals surface area contributed by atoms with E-state index >= 15 is 0 Å². The van der Waals surface area contributed by atoms with Gasteiger partial charge in [-0.1, -0.05) is 12.1 Å².